The zero-order chi connectivity index (χ0) is 18.3. The molecule has 4 nitrogen and oxygen atoms in total. The molecule has 0 aliphatic rings. The molecule has 0 fully saturated rings. The maximum atomic E-state index is 11.9. The van der Waals surface area contributed by atoms with Gasteiger partial charge in [0.05, 0.1) is 20.1 Å². The van der Waals surface area contributed by atoms with E-state index in [1.54, 1.807) is 7.11 Å². The lowest BCUT2D eigenvalue weighted by Gasteiger charge is -2.19. The molecule has 25 heavy (non-hydrogen) atoms. The Kier molecular flexibility index (Phi) is 6.45. The predicted molar refractivity (Wildman–Crippen MR) is 100 cm³/mol. The van der Waals surface area contributed by atoms with E-state index < -0.39 is 0 Å². The van der Waals surface area contributed by atoms with Crippen LogP contribution >= 0.6 is 0 Å². The zero-order valence-corrected chi connectivity index (χ0v) is 15.5. The average molecular weight is 341 g/mol. The minimum Gasteiger partial charge on any atom is -0.497 e. The van der Waals surface area contributed by atoms with Gasteiger partial charge in [0, 0.05) is 0 Å². The molecule has 0 aliphatic heterocycles. The van der Waals surface area contributed by atoms with Crippen molar-refractivity contribution in [3.8, 4) is 11.5 Å². The summed E-state index contributed by atoms with van der Waals surface area (Å²) in [5.74, 6) is 1.59. The number of ether oxygens (including phenoxy) is 2. The highest BCUT2D eigenvalue weighted by Crippen LogP contribution is 2.24. The first-order valence-electron chi connectivity index (χ1n) is 8.51. The number of carbonyl (C=O) groups is 1. The van der Waals surface area contributed by atoms with Gasteiger partial charge in [0.15, 0.2) is 0 Å². The summed E-state index contributed by atoms with van der Waals surface area (Å²) in [4.78, 5) is 11.9. The molecule has 134 valence electrons. The molecule has 2 aromatic carbocycles. The third-order valence-corrected chi connectivity index (χ3v) is 3.94. The van der Waals surface area contributed by atoms with E-state index in [2.05, 4.69) is 38.2 Å². The van der Waals surface area contributed by atoms with Crippen LogP contribution in [0, 0.1) is 0 Å². The maximum absolute atomic E-state index is 11.9. The van der Waals surface area contributed by atoms with Gasteiger partial charge in [-0.25, -0.2) is 0 Å². The molecule has 0 radical (unpaired) electrons. The molecule has 0 heterocycles. The molecule has 1 amide bonds. The Labute approximate surface area is 150 Å². The zero-order valence-electron chi connectivity index (χ0n) is 15.5. The summed E-state index contributed by atoms with van der Waals surface area (Å²) in [5, 5.41) is 2.87. The van der Waals surface area contributed by atoms with E-state index in [1.165, 1.54) is 5.56 Å². The number of benzene rings is 2. The number of hydrogen-bond donors (Lipinski definition) is 1. The molecule has 0 saturated heterocycles. The fraction of sp³-hybridized carbons (Fsp3) is 0.381. The highest BCUT2D eigenvalue weighted by molar-refractivity contribution is 5.78. The summed E-state index contributed by atoms with van der Waals surface area (Å²) in [6.07, 6.45) is 0.351. The van der Waals surface area contributed by atoms with Crippen molar-refractivity contribution in [1.29, 1.82) is 0 Å². The summed E-state index contributed by atoms with van der Waals surface area (Å²) >= 11 is 0. The van der Waals surface area contributed by atoms with Crippen molar-refractivity contribution in [3.05, 3.63) is 59.7 Å². The second-order valence-electron chi connectivity index (χ2n) is 7.00. The number of rotatable bonds is 7. The SMILES string of the molecule is COc1ccc(CC(=O)NCCOc2ccc(C(C)(C)C)cc2)cc1. The van der Waals surface area contributed by atoms with Gasteiger partial charge >= 0.3 is 0 Å². The average Bonchev–Trinajstić information content (AvgIpc) is 2.59. The second kappa shape index (κ2) is 8.56. The van der Waals surface area contributed by atoms with Gasteiger partial charge < -0.3 is 14.8 Å². The van der Waals surface area contributed by atoms with Gasteiger partial charge in [0.2, 0.25) is 5.91 Å². The predicted octanol–water partition coefficient (Wildman–Crippen LogP) is 3.73. The smallest absolute Gasteiger partial charge is 0.224 e. The Morgan fingerprint density at radius 1 is 0.960 bits per heavy atom. The molecule has 0 unspecified atom stereocenters. The lowest BCUT2D eigenvalue weighted by atomic mass is 9.87. The molecule has 1 N–H and O–H groups in total. The van der Waals surface area contributed by atoms with Gasteiger partial charge in [-0.3, -0.25) is 4.79 Å². The Balaban J connectivity index is 1.70. The minimum atomic E-state index is -0.0168. The summed E-state index contributed by atoms with van der Waals surface area (Å²) in [7, 11) is 1.62. The van der Waals surface area contributed by atoms with Gasteiger partial charge in [0.1, 0.15) is 18.1 Å². The van der Waals surface area contributed by atoms with E-state index in [0.29, 0.717) is 19.6 Å². The van der Waals surface area contributed by atoms with Gasteiger partial charge in [-0.1, -0.05) is 45.0 Å². The van der Waals surface area contributed by atoms with Crippen LogP contribution in [0.1, 0.15) is 31.9 Å². The summed E-state index contributed by atoms with van der Waals surface area (Å²) < 4.78 is 10.8. The number of hydrogen-bond acceptors (Lipinski definition) is 3. The van der Waals surface area contributed by atoms with Gasteiger partial charge in [0.25, 0.3) is 0 Å². The van der Waals surface area contributed by atoms with Crippen molar-refractivity contribution >= 4 is 5.91 Å². The molecular weight excluding hydrogens is 314 g/mol. The molecule has 0 spiro atoms. The molecule has 4 heteroatoms. The van der Waals surface area contributed by atoms with Crippen LogP contribution in [0.5, 0.6) is 11.5 Å². The van der Waals surface area contributed by atoms with Crippen molar-refractivity contribution in [2.75, 3.05) is 20.3 Å². The molecule has 0 aromatic heterocycles. The maximum Gasteiger partial charge on any atom is 0.224 e. The monoisotopic (exact) mass is 341 g/mol. The topological polar surface area (TPSA) is 47.6 Å². The summed E-state index contributed by atoms with van der Waals surface area (Å²) in [6, 6.07) is 15.6. The first-order valence-corrected chi connectivity index (χ1v) is 8.51. The van der Waals surface area contributed by atoms with Crippen molar-refractivity contribution < 1.29 is 14.3 Å². The Hall–Kier alpha value is -2.49. The van der Waals surface area contributed by atoms with Crippen LogP contribution in [-0.4, -0.2) is 26.2 Å². The molecule has 0 bridgehead atoms. The quantitative estimate of drug-likeness (QED) is 0.781. The highest BCUT2D eigenvalue weighted by Gasteiger charge is 2.12. The van der Waals surface area contributed by atoms with Gasteiger partial charge in [-0.2, -0.15) is 0 Å². The van der Waals surface area contributed by atoms with Crippen LogP contribution in [0.4, 0.5) is 0 Å². The van der Waals surface area contributed by atoms with Crippen LogP contribution < -0.4 is 14.8 Å². The normalized spacial score (nSPS) is 11.0. The van der Waals surface area contributed by atoms with E-state index in [0.717, 1.165) is 17.1 Å². The molecule has 0 aliphatic carbocycles. The van der Waals surface area contributed by atoms with Crippen LogP contribution in [0.15, 0.2) is 48.5 Å². The van der Waals surface area contributed by atoms with Crippen molar-refractivity contribution in [1.82, 2.24) is 5.32 Å². The molecule has 2 aromatic rings. The fourth-order valence-electron chi connectivity index (χ4n) is 2.40. The summed E-state index contributed by atoms with van der Waals surface area (Å²) in [5.41, 5.74) is 2.36. The van der Waals surface area contributed by atoms with E-state index >= 15 is 0 Å². The lowest BCUT2D eigenvalue weighted by molar-refractivity contribution is -0.120. The van der Waals surface area contributed by atoms with Crippen LogP contribution in [-0.2, 0) is 16.6 Å². The lowest BCUT2D eigenvalue weighted by Crippen LogP contribution is -2.29. The summed E-state index contributed by atoms with van der Waals surface area (Å²) in [6.45, 7) is 7.48. The molecule has 0 saturated carbocycles. The van der Waals surface area contributed by atoms with Gasteiger partial charge in [-0.15, -0.1) is 0 Å². The van der Waals surface area contributed by atoms with Crippen molar-refractivity contribution in [3.63, 3.8) is 0 Å². The van der Waals surface area contributed by atoms with E-state index in [4.69, 9.17) is 9.47 Å². The largest absolute Gasteiger partial charge is 0.497 e. The van der Waals surface area contributed by atoms with Gasteiger partial charge in [-0.05, 0) is 40.8 Å². The van der Waals surface area contributed by atoms with Crippen molar-refractivity contribution in [2.45, 2.75) is 32.6 Å². The number of nitrogens with one attached hydrogen (secondary N) is 1. The Bertz CT molecular complexity index is 670. The standard InChI is InChI=1S/C21H27NO3/c1-21(2,3)17-7-11-19(12-8-17)25-14-13-22-20(23)15-16-5-9-18(24-4)10-6-16/h5-12H,13-15H2,1-4H3,(H,22,23). The fourth-order valence-corrected chi connectivity index (χ4v) is 2.40. The van der Waals surface area contributed by atoms with Crippen LogP contribution in [0.2, 0.25) is 0 Å². The van der Waals surface area contributed by atoms with E-state index in [1.807, 2.05) is 36.4 Å². The van der Waals surface area contributed by atoms with Crippen LogP contribution in [0.25, 0.3) is 0 Å². The third-order valence-electron chi connectivity index (χ3n) is 3.94. The Morgan fingerprint density at radius 3 is 2.12 bits per heavy atom. The highest BCUT2D eigenvalue weighted by atomic mass is 16.5. The number of carbonyl (C=O) groups excluding carboxylic acids is 1. The first-order chi connectivity index (χ1) is 11.9. The van der Waals surface area contributed by atoms with Crippen LogP contribution in [0.3, 0.4) is 0 Å². The molecule has 0 atom stereocenters. The first kappa shape index (κ1) is 18.8. The number of methoxy groups -OCH3 is 1. The molecular formula is C21H27NO3. The number of amides is 1. The minimum absolute atomic E-state index is 0.0168. The Morgan fingerprint density at radius 2 is 1.56 bits per heavy atom. The van der Waals surface area contributed by atoms with E-state index in [9.17, 15) is 4.79 Å². The third kappa shape index (κ3) is 6.14. The van der Waals surface area contributed by atoms with E-state index in [-0.39, 0.29) is 11.3 Å². The van der Waals surface area contributed by atoms with Crippen molar-refractivity contribution in [2.24, 2.45) is 0 Å². The molecule has 2 rings (SSSR count). The second-order valence-corrected chi connectivity index (χ2v) is 7.00.